The number of benzene rings is 1. The second-order valence-corrected chi connectivity index (χ2v) is 5.43. The van der Waals surface area contributed by atoms with Crippen LogP contribution in [0.3, 0.4) is 0 Å². The minimum atomic E-state index is -0.138. The summed E-state index contributed by atoms with van der Waals surface area (Å²) < 4.78 is 13.1. The molecule has 1 rings (SSSR count). The average Bonchev–Trinajstić information content (AvgIpc) is 2.25. The van der Waals surface area contributed by atoms with E-state index in [0.29, 0.717) is 0 Å². The second-order valence-electron chi connectivity index (χ2n) is 5.43. The molecule has 0 spiro atoms. The van der Waals surface area contributed by atoms with Crippen molar-refractivity contribution in [1.82, 2.24) is 4.90 Å². The van der Waals surface area contributed by atoms with E-state index in [1.165, 1.54) is 6.07 Å². The Morgan fingerprint density at radius 1 is 1.18 bits per heavy atom. The van der Waals surface area contributed by atoms with Gasteiger partial charge in [0.2, 0.25) is 0 Å². The molecule has 0 heterocycles. The molecule has 2 heteroatoms. The molecule has 17 heavy (non-hydrogen) atoms. The van der Waals surface area contributed by atoms with E-state index in [1.807, 2.05) is 6.07 Å². The van der Waals surface area contributed by atoms with E-state index in [-0.39, 0.29) is 11.2 Å². The third kappa shape index (κ3) is 4.86. The normalized spacial score (nSPS) is 12.1. The largest absolute Gasteiger partial charge is 0.303 e. The van der Waals surface area contributed by atoms with Gasteiger partial charge in [0, 0.05) is 6.54 Å². The molecule has 0 aliphatic carbocycles. The van der Waals surface area contributed by atoms with Crippen LogP contribution in [0.5, 0.6) is 0 Å². The molecule has 0 atom stereocenters. The van der Waals surface area contributed by atoms with E-state index < -0.39 is 0 Å². The van der Waals surface area contributed by atoms with Crippen LogP contribution in [0.15, 0.2) is 24.3 Å². The summed E-state index contributed by atoms with van der Waals surface area (Å²) in [5.41, 5.74) is 1.27. The van der Waals surface area contributed by atoms with Crippen molar-refractivity contribution in [2.75, 3.05) is 19.6 Å². The highest BCUT2D eigenvalue weighted by molar-refractivity contribution is 5.17. The summed E-state index contributed by atoms with van der Waals surface area (Å²) in [6.45, 7) is 12.1. The van der Waals surface area contributed by atoms with Crippen LogP contribution < -0.4 is 0 Å². The molecule has 0 N–H and O–H groups in total. The van der Waals surface area contributed by atoms with E-state index in [0.717, 1.165) is 31.6 Å². The zero-order valence-corrected chi connectivity index (χ0v) is 11.5. The molecule has 0 bridgehead atoms. The Balaban J connectivity index is 2.65. The Hall–Kier alpha value is -0.890. The third-order valence-corrected chi connectivity index (χ3v) is 3.12. The van der Waals surface area contributed by atoms with Crippen LogP contribution in [0.2, 0.25) is 0 Å². The lowest BCUT2D eigenvalue weighted by molar-refractivity contribution is 0.191. The van der Waals surface area contributed by atoms with Gasteiger partial charge >= 0.3 is 0 Å². The lowest BCUT2D eigenvalue weighted by atomic mass is 9.85. The third-order valence-electron chi connectivity index (χ3n) is 3.12. The quantitative estimate of drug-likeness (QED) is 0.728. The molecule has 0 fully saturated rings. The highest BCUT2D eigenvalue weighted by Crippen LogP contribution is 2.23. The predicted molar refractivity (Wildman–Crippen MR) is 71.7 cm³/mol. The number of hydrogen-bond donors (Lipinski definition) is 0. The van der Waals surface area contributed by atoms with Gasteiger partial charge in [0.15, 0.2) is 0 Å². The topological polar surface area (TPSA) is 3.24 Å². The summed E-state index contributed by atoms with van der Waals surface area (Å²) in [6, 6.07) is 6.94. The monoisotopic (exact) mass is 237 g/mol. The van der Waals surface area contributed by atoms with Crippen LogP contribution in [0, 0.1) is 11.2 Å². The van der Waals surface area contributed by atoms with Crippen molar-refractivity contribution in [3.8, 4) is 0 Å². The highest BCUT2D eigenvalue weighted by Gasteiger charge is 2.21. The van der Waals surface area contributed by atoms with E-state index in [9.17, 15) is 4.39 Å². The molecule has 0 aliphatic heterocycles. The van der Waals surface area contributed by atoms with E-state index in [4.69, 9.17) is 0 Å². The zero-order chi connectivity index (χ0) is 12.9. The molecule has 0 unspecified atom stereocenters. The van der Waals surface area contributed by atoms with Crippen LogP contribution in [0.4, 0.5) is 4.39 Å². The predicted octanol–water partition coefficient (Wildman–Crippen LogP) is 3.74. The number of halogens is 1. The number of nitrogens with zero attached hydrogens (tertiary/aromatic N) is 1. The van der Waals surface area contributed by atoms with Gasteiger partial charge in [-0.2, -0.15) is 0 Å². The van der Waals surface area contributed by atoms with E-state index in [2.05, 4.69) is 32.6 Å². The fraction of sp³-hybridized carbons (Fsp3) is 0.600. The Morgan fingerprint density at radius 2 is 1.82 bits per heavy atom. The molecule has 1 nitrogen and oxygen atoms in total. The summed E-state index contributed by atoms with van der Waals surface area (Å²) in [6.07, 6.45) is 0.918. The van der Waals surface area contributed by atoms with Gasteiger partial charge in [0.1, 0.15) is 5.82 Å². The molecule has 1 aromatic rings. The lowest BCUT2D eigenvalue weighted by Gasteiger charge is -2.31. The maximum atomic E-state index is 13.1. The minimum absolute atomic E-state index is 0.138. The molecule has 1 aromatic carbocycles. The molecule has 0 saturated carbocycles. The Kier molecular flexibility index (Phi) is 5.13. The Morgan fingerprint density at radius 3 is 2.35 bits per heavy atom. The van der Waals surface area contributed by atoms with Crippen molar-refractivity contribution in [3.63, 3.8) is 0 Å². The second kappa shape index (κ2) is 6.15. The van der Waals surface area contributed by atoms with Gasteiger partial charge in [-0.25, -0.2) is 4.39 Å². The van der Waals surface area contributed by atoms with Crippen molar-refractivity contribution in [3.05, 3.63) is 35.6 Å². The van der Waals surface area contributed by atoms with Crippen LogP contribution >= 0.6 is 0 Å². The van der Waals surface area contributed by atoms with Gasteiger partial charge in [-0.3, -0.25) is 0 Å². The van der Waals surface area contributed by atoms with Crippen molar-refractivity contribution in [2.24, 2.45) is 5.41 Å². The maximum absolute atomic E-state index is 13.1. The molecule has 0 radical (unpaired) electrons. The highest BCUT2D eigenvalue weighted by atomic mass is 19.1. The number of hydrogen-bond acceptors (Lipinski definition) is 1. The first-order valence-electron chi connectivity index (χ1n) is 6.43. The van der Waals surface area contributed by atoms with Gasteiger partial charge in [0.05, 0.1) is 0 Å². The fourth-order valence-corrected chi connectivity index (χ4v) is 2.31. The van der Waals surface area contributed by atoms with Crippen molar-refractivity contribution in [2.45, 2.75) is 34.1 Å². The minimum Gasteiger partial charge on any atom is -0.303 e. The molecule has 96 valence electrons. The summed E-state index contributed by atoms with van der Waals surface area (Å²) in [7, 11) is 0. The molecule has 0 amide bonds. The summed E-state index contributed by atoms with van der Waals surface area (Å²) in [4.78, 5) is 2.42. The summed E-state index contributed by atoms with van der Waals surface area (Å²) >= 11 is 0. The molecule has 0 aliphatic rings. The van der Waals surface area contributed by atoms with Crippen molar-refractivity contribution in [1.29, 1.82) is 0 Å². The van der Waals surface area contributed by atoms with Crippen LogP contribution in [-0.4, -0.2) is 24.5 Å². The molecular formula is C15H24FN. The van der Waals surface area contributed by atoms with Gasteiger partial charge in [-0.1, -0.05) is 39.8 Å². The lowest BCUT2D eigenvalue weighted by Crippen LogP contribution is -2.35. The SMILES string of the molecule is CCN(CC)CC(C)(C)Cc1cccc(F)c1. The van der Waals surface area contributed by atoms with Gasteiger partial charge in [-0.05, 0) is 42.6 Å². The number of rotatable bonds is 6. The van der Waals surface area contributed by atoms with Crippen LogP contribution in [-0.2, 0) is 6.42 Å². The van der Waals surface area contributed by atoms with Crippen LogP contribution in [0.1, 0.15) is 33.3 Å². The maximum Gasteiger partial charge on any atom is 0.123 e. The smallest absolute Gasteiger partial charge is 0.123 e. The first kappa shape index (κ1) is 14.2. The Bertz CT molecular complexity index is 343. The van der Waals surface area contributed by atoms with Crippen molar-refractivity contribution >= 4 is 0 Å². The molecule has 0 saturated heterocycles. The van der Waals surface area contributed by atoms with Crippen LogP contribution in [0.25, 0.3) is 0 Å². The Labute approximate surface area is 105 Å². The van der Waals surface area contributed by atoms with Gasteiger partial charge in [-0.15, -0.1) is 0 Å². The zero-order valence-electron chi connectivity index (χ0n) is 11.5. The average molecular weight is 237 g/mol. The molecular weight excluding hydrogens is 213 g/mol. The molecule has 0 aromatic heterocycles. The standard InChI is InChI=1S/C15H24FN/c1-5-17(6-2)12-15(3,4)11-13-8-7-9-14(16)10-13/h7-10H,5-6,11-12H2,1-4H3. The summed E-state index contributed by atoms with van der Waals surface area (Å²) in [5, 5.41) is 0. The van der Waals surface area contributed by atoms with E-state index in [1.54, 1.807) is 12.1 Å². The fourth-order valence-electron chi connectivity index (χ4n) is 2.31. The first-order valence-corrected chi connectivity index (χ1v) is 6.43. The van der Waals surface area contributed by atoms with Gasteiger partial charge < -0.3 is 4.90 Å². The van der Waals surface area contributed by atoms with E-state index >= 15 is 0 Å². The first-order chi connectivity index (χ1) is 7.96. The van der Waals surface area contributed by atoms with Crippen molar-refractivity contribution < 1.29 is 4.39 Å². The van der Waals surface area contributed by atoms with Gasteiger partial charge in [0.25, 0.3) is 0 Å². The summed E-state index contributed by atoms with van der Waals surface area (Å²) in [5.74, 6) is -0.138.